The Morgan fingerprint density at radius 1 is 1.54 bits per heavy atom. The molecule has 0 aromatic rings. The SMILES string of the molecule is CC[C@@H]1CCCCN1C(=O)CCCl. The second kappa shape index (κ2) is 5.48. The summed E-state index contributed by atoms with van der Waals surface area (Å²) in [6.45, 7) is 3.09. The van der Waals surface area contributed by atoms with Crippen molar-refractivity contribution in [3.63, 3.8) is 0 Å². The van der Waals surface area contributed by atoms with Crippen LogP contribution in [0.1, 0.15) is 39.0 Å². The zero-order chi connectivity index (χ0) is 9.68. The van der Waals surface area contributed by atoms with Crippen LogP contribution in [0.5, 0.6) is 0 Å². The van der Waals surface area contributed by atoms with Gasteiger partial charge in [0.05, 0.1) is 0 Å². The first-order chi connectivity index (χ1) is 6.29. The van der Waals surface area contributed by atoms with Gasteiger partial charge in [0, 0.05) is 24.9 Å². The van der Waals surface area contributed by atoms with Gasteiger partial charge in [-0.25, -0.2) is 0 Å². The molecule has 1 atom stereocenters. The van der Waals surface area contributed by atoms with E-state index >= 15 is 0 Å². The fourth-order valence-corrected chi connectivity index (χ4v) is 2.14. The Kier molecular flexibility index (Phi) is 4.57. The Morgan fingerprint density at radius 3 is 2.92 bits per heavy atom. The third-order valence-corrected chi connectivity index (χ3v) is 2.92. The predicted octanol–water partition coefficient (Wildman–Crippen LogP) is 2.41. The van der Waals surface area contributed by atoms with Gasteiger partial charge in [0.25, 0.3) is 0 Å². The Labute approximate surface area is 85.2 Å². The number of hydrogen-bond donors (Lipinski definition) is 0. The van der Waals surface area contributed by atoms with Crippen molar-refractivity contribution in [3.05, 3.63) is 0 Å². The van der Waals surface area contributed by atoms with Crippen LogP contribution in [-0.2, 0) is 4.79 Å². The van der Waals surface area contributed by atoms with E-state index in [0.717, 1.165) is 19.4 Å². The third kappa shape index (κ3) is 2.87. The minimum absolute atomic E-state index is 0.238. The van der Waals surface area contributed by atoms with Crippen LogP contribution >= 0.6 is 11.6 Å². The van der Waals surface area contributed by atoms with E-state index < -0.39 is 0 Å². The Balaban J connectivity index is 2.48. The van der Waals surface area contributed by atoms with E-state index in [0.29, 0.717) is 18.3 Å². The number of likely N-dealkylation sites (tertiary alicyclic amines) is 1. The molecule has 0 radical (unpaired) electrons. The molecule has 0 aliphatic carbocycles. The maximum absolute atomic E-state index is 11.6. The van der Waals surface area contributed by atoms with Gasteiger partial charge in [-0.05, 0) is 25.7 Å². The van der Waals surface area contributed by atoms with Crippen molar-refractivity contribution < 1.29 is 4.79 Å². The van der Waals surface area contributed by atoms with E-state index in [1.54, 1.807) is 0 Å². The van der Waals surface area contributed by atoms with Gasteiger partial charge in [-0.2, -0.15) is 0 Å². The number of carbonyl (C=O) groups excluding carboxylic acids is 1. The molecule has 2 nitrogen and oxygen atoms in total. The number of alkyl halides is 1. The Bertz CT molecular complexity index is 172. The number of carbonyl (C=O) groups is 1. The summed E-state index contributed by atoms with van der Waals surface area (Å²) in [5.74, 6) is 0.688. The number of rotatable bonds is 3. The zero-order valence-corrected chi connectivity index (χ0v) is 9.02. The molecule has 0 unspecified atom stereocenters. The summed E-state index contributed by atoms with van der Waals surface area (Å²) in [7, 11) is 0. The van der Waals surface area contributed by atoms with Crippen molar-refractivity contribution in [3.8, 4) is 0 Å². The number of halogens is 1. The van der Waals surface area contributed by atoms with E-state index in [4.69, 9.17) is 11.6 Å². The highest BCUT2D eigenvalue weighted by Crippen LogP contribution is 2.20. The molecule has 0 N–H and O–H groups in total. The monoisotopic (exact) mass is 203 g/mol. The maximum atomic E-state index is 11.6. The lowest BCUT2D eigenvalue weighted by molar-refractivity contribution is -0.134. The van der Waals surface area contributed by atoms with Crippen molar-refractivity contribution in [1.29, 1.82) is 0 Å². The van der Waals surface area contributed by atoms with Crippen molar-refractivity contribution >= 4 is 17.5 Å². The number of amides is 1. The minimum Gasteiger partial charge on any atom is -0.340 e. The Hall–Kier alpha value is -0.240. The summed E-state index contributed by atoms with van der Waals surface area (Å²) in [5.41, 5.74) is 0. The molecule has 1 aliphatic rings. The first kappa shape index (κ1) is 10.8. The molecule has 1 aliphatic heterocycles. The molecule has 0 saturated carbocycles. The molecule has 1 saturated heterocycles. The molecule has 1 rings (SSSR count). The summed E-state index contributed by atoms with van der Waals surface area (Å²) < 4.78 is 0. The molecule has 3 heteroatoms. The molecular weight excluding hydrogens is 186 g/mol. The molecule has 0 aromatic carbocycles. The summed E-state index contributed by atoms with van der Waals surface area (Å²) in [6, 6.07) is 0.476. The maximum Gasteiger partial charge on any atom is 0.224 e. The average Bonchev–Trinajstić information content (AvgIpc) is 2.18. The average molecular weight is 204 g/mol. The fraction of sp³-hybridized carbons (Fsp3) is 0.900. The van der Waals surface area contributed by atoms with Crippen LogP contribution in [-0.4, -0.2) is 29.3 Å². The standard InChI is InChI=1S/C10H18ClNO/c1-2-9-5-3-4-8-12(9)10(13)6-7-11/h9H,2-8H2,1H3/t9-/m1/s1. The predicted molar refractivity (Wildman–Crippen MR) is 55.0 cm³/mol. The summed E-state index contributed by atoms with van der Waals surface area (Å²) in [4.78, 5) is 13.6. The van der Waals surface area contributed by atoms with E-state index in [1.807, 2.05) is 4.90 Å². The van der Waals surface area contributed by atoms with Crippen molar-refractivity contribution in [1.82, 2.24) is 4.90 Å². The first-order valence-electron chi connectivity index (χ1n) is 5.15. The molecule has 1 heterocycles. The van der Waals surface area contributed by atoms with Crippen LogP contribution in [0.4, 0.5) is 0 Å². The highest BCUT2D eigenvalue weighted by molar-refractivity contribution is 6.18. The molecule has 0 spiro atoms. The molecule has 76 valence electrons. The van der Waals surface area contributed by atoms with Crippen LogP contribution in [0.3, 0.4) is 0 Å². The summed E-state index contributed by atoms with van der Waals surface area (Å²) in [6.07, 6.45) is 5.17. The first-order valence-corrected chi connectivity index (χ1v) is 5.68. The highest BCUT2D eigenvalue weighted by atomic mass is 35.5. The van der Waals surface area contributed by atoms with Gasteiger partial charge in [-0.1, -0.05) is 6.92 Å². The van der Waals surface area contributed by atoms with E-state index in [1.165, 1.54) is 12.8 Å². The largest absolute Gasteiger partial charge is 0.340 e. The normalized spacial score (nSPS) is 23.2. The summed E-state index contributed by atoms with van der Waals surface area (Å²) in [5, 5.41) is 0. The lowest BCUT2D eigenvalue weighted by Crippen LogP contribution is -2.43. The molecule has 0 bridgehead atoms. The van der Waals surface area contributed by atoms with Gasteiger partial charge in [0.2, 0.25) is 5.91 Å². The number of hydrogen-bond acceptors (Lipinski definition) is 1. The van der Waals surface area contributed by atoms with Gasteiger partial charge < -0.3 is 4.90 Å². The lowest BCUT2D eigenvalue weighted by atomic mass is 10.00. The summed E-state index contributed by atoms with van der Waals surface area (Å²) >= 11 is 5.56. The molecule has 1 fully saturated rings. The minimum atomic E-state index is 0.238. The quantitative estimate of drug-likeness (QED) is 0.646. The molecule has 1 amide bonds. The van der Waals surface area contributed by atoms with Crippen molar-refractivity contribution in [2.45, 2.75) is 45.1 Å². The van der Waals surface area contributed by atoms with Crippen LogP contribution < -0.4 is 0 Å². The van der Waals surface area contributed by atoms with Crippen molar-refractivity contribution in [2.75, 3.05) is 12.4 Å². The topological polar surface area (TPSA) is 20.3 Å². The van der Waals surface area contributed by atoms with Gasteiger partial charge in [-0.3, -0.25) is 4.79 Å². The Morgan fingerprint density at radius 2 is 2.31 bits per heavy atom. The van der Waals surface area contributed by atoms with Gasteiger partial charge in [0.15, 0.2) is 0 Å². The molecule has 13 heavy (non-hydrogen) atoms. The van der Waals surface area contributed by atoms with Crippen LogP contribution in [0, 0.1) is 0 Å². The smallest absolute Gasteiger partial charge is 0.224 e. The number of piperidine rings is 1. The van der Waals surface area contributed by atoms with Gasteiger partial charge >= 0.3 is 0 Å². The van der Waals surface area contributed by atoms with Gasteiger partial charge in [-0.15, -0.1) is 11.6 Å². The van der Waals surface area contributed by atoms with Crippen molar-refractivity contribution in [2.24, 2.45) is 0 Å². The third-order valence-electron chi connectivity index (χ3n) is 2.73. The van der Waals surface area contributed by atoms with E-state index in [-0.39, 0.29) is 5.91 Å². The zero-order valence-electron chi connectivity index (χ0n) is 8.26. The van der Waals surface area contributed by atoms with Crippen LogP contribution in [0.15, 0.2) is 0 Å². The van der Waals surface area contributed by atoms with Crippen LogP contribution in [0.25, 0.3) is 0 Å². The highest BCUT2D eigenvalue weighted by Gasteiger charge is 2.24. The van der Waals surface area contributed by atoms with Gasteiger partial charge in [0.1, 0.15) is 0 Å². The van der Waals surface area contributed by atoms with Crippen LogP contribution in [0.2, 0.25) is 0 Å². The molecule has 0 aromatic heterocycles. The van der Waals surface area contributed by atoms with E-state index in [9.17, 15) is 4.79 Å². The van der Waals surface area contributed by atoms with E-state index in [2.05, 4.69) is 6.92 Å². The molecular formula is C10H18ClNO. The fourth-order valence-electron chi connectivity index (χ4n) is 1.98. The lowest BCUT2D eigenvalue weighted by Gasteiger charge is -2.35. The number of nitrogens with zero attached hydrogens (tertiary/aromatic N) is 1. The second-order valence-electron chi connectivity index (χ2n) is 3.58. The second-order valence-corrected chi connectivity index (χ2v) is 3.96.